The van der Waals surface area contributed by atoms with Crippen molar-refractivity contribution in [3.8, 4) is 0 Å². The van der Waals surface area contributed by atoms with Crippen molar-refractivity contribution in [3.05, 3.63) is 11.6 Å². The number of hydrogen-bond acceptors (Lipinski definition) is 3. The third-order valence-corrected chi connectivity index (χ3v) is 10.5. The van der Waals surface area contributed by atoms with Gasteiger partial charge in [-0.1, -0.05) is 65.5 Å². The predicted molar refractivity (Wildman–Crippen MR) is 122 cm³/mol. The van der Waals surface area contributed by atoms with E-state index in [-0.39, 0.29) is 5.41 Å². The number of allylic oxidation sites excluding steroid dienone is 1. The Hall–Kier alpha value is -0.380. The monoisotopic (exact) mass is 418 g/mol. The predicted octanol–water partition coefficient (Wildman–Crippen LogP) is 5.47. The molecular weight excluding hydrogens is 372 g/mol. The first-order valence-electron chi connectivity index (χ1n) is 12.8. The van der Waals surface area contributed by atoms with E-state index in [0.717, 1.165) is 37.0 Å². The Balaban J connectivity index is 1.58. The molecule has 0 aliphatic heterocycles. The van der Waals surface area contributed by atoms with E-state index in [1.165, 1.54) is 44.1 Å². The Morgan fingerprint density at radius 3 is 2.40 bits per heavy atom. The first-order chi connectivity index (χ1) is 14.0. The van der Waals surface area contributed by atoms with Crippen LogP contribution in [0.4, 0.5) is 0 Å². The zero-order chi connectivity index (χ0) is 21.9. The molecule has 0 heterocycles. The van der Waals surface area contributed by atoms with Crippen LogP contribution in [-0.2, 0) is 0 Å². The molecule has 0 unspecified atom stereocenters. The summed E-state index contributed by atoms with van der Waals surface area (Å²) in [6.07, 6.45) is 11.5. The largest absolute Gasteiger partial charge is 0.393 e. The van der Waals surface area contributed by atoms with Crippen LogP contribution in [0.3, 0.4) is 0 Å². The molecule has 0 aromatic heterocycles. The van der Waals surface area contributed by atoms with E-state index >= 15 is 0 Å². The Morgan fingerprint density at radius 1 is 0.967 bits per heavy atom. The lowest BCUT2D eigenvalue weighted by Crippen LogP contribution is -2.65. The normalized spacial score (nSPS) is 49.2. The molecule has 172 valence electrons. The summed E-state index contributed by atoms with van der Waals surface area (Å²) in [4.78, 5) is 0. The second-order valence-electron chi connectivity index (χ2n) is 12.5. The van der Waals surface area contributed by atoms with Crippen LogP contribution in [0.1, 0.15) is 98.8 Å². The summed E-state index contributed by atoms with van der Waals surface area (Å²) < 4.78 is 0. The lowest BCUT2D eigenvalue weighted by Gasteiger charge is -2.62. The van der Waals surface area contributed by atoms with Crippen LogP contribution >= 0.6 is 0 Å². The van der Waals surface area contributed by atoms with Gasteiger partial charge in [-0.15, -0.1) is 0 Å². The molecular formula is C27H46O3. The van der Waals surface area contributed by atoms with Gasteiger partial charge < -0.3 is 15.3 Å². The Labute approximate surface area is 184 Å². The molecule has 30 heavy (non-hydrogen) atoms. The fraction of sp³-hybridized carbons (Fsp3) is 0.926. The van der Waals surface area contributed by atoms with Crippen LogP contribution in [0.2, 0.25) is 0 Å². The quantitative estimate of drug-likeness (QED) is 0.519. The number of aliphatic hydroxyl groups is 3. The van der Waals surface area contributed by atoms with Crippen LogP contribution < -0.4 is 0 Å². The number of fused-ring (bicyclic) bond motifs is 5. The van der Waals surface area contributed by atoms with Crippen molar-refractivity contribution in [2.45, 2.75) is 117 Å². The van der Waals surface area contributed by atoms with Crippen molar-refractivity contribution in [1.82, 2.24) is 0 Å². The van der Waals surface area contributed by atoms with Crippen molar-refractivity contribution in [1.29, 1.82) is 0 Å². The van der Waals surface area contributed by atoms with E-state index in [2.05, 4.69) is 34.6 Å². The van der Waals surface area contributed by atoms with E-state index in [4.69, 9.17) is 0 Å². The molecule has 0 amide bonds. The van der Waals surface area contributed by atoms with Crippen LogP contribution in [0, 0.1) is 40.4 Å². The zero-order valence-corrected chi connectivity index (χ0v) is 20.0. The molecule has 3 saturated carbocycles. The highest BCUT2D eigenvalue weighted by Gasteiger charge is 2.64. The first-order valence-corrected chi connectivity index (χ1v) is 12.8. The van der Waals surface area contributed by atoms with Crippen molar-refractivity contribution in [3.63, 3.8) is 0 Å². The van der Waals surface area contributed by atoms with Gasteiger partial charge in [0.2, 0.25) is 0 Å². The topological polar surface area (TPSA) is 60.7 Å². The van der Waals surface area contributed by atoms with Gasteiger partial charge >= 0.3 is 0 Å². The minimum atomic E-state index is -1.19. The van der Waals surface area contributed by atoms with Crippen LogP contribution in [0.15, 0.2) is 11.6 Å². The smallest absolute Gasteiger partial charge is 0.102 e. The van der Waals surface area contributed by atoms with Crippen molar-refractivity contribution in [2.75, 3.05) is 0 Å². The summed E-state index contributed by atoms with van der Waals surface area (Å²) in [5, 5.41) is 32.9. The minimum Gasteiger partial charge on any atom is -0.393 e. The van der Waals surface area contributed by atoms with Crippen LogP contribution in [0.25, 0.3) is 0 Å². The fourth-order valence-electron chi connectivity index (χ4n) is 8.57. The number of hydrogen-bond donors (Lipinski definition) is 3. The molecule has 3 N–H and O–H groups in total. The molecule has 3 heteroatoms. The van der Waals surface area contributed by atoms with Gasteiger partial charge in [-0.3, -0.25) is 0 Å². The van der Waals surface area contributed by atoms with Crippen LogP contribution in [-0.4, -0.2) is 33.1 Å². The average Bonchev–Trinajstić information content (AvgIpc) is 3.01. The van der Waals surface area contributed by atoms with Gasteiger partial charge in [-0.05, 0) is 73.5 Å². The maximum absolute atomic E-state index is 11.6. The lowest BCUT2D eigenvalue weighted by atomic mass is 9.45. The molecule has 0 radical (unpaired) electrons. The molecule has 4 aliphatic rings. The molecule has 4 rings (SSSR count). The van der Waals surface area contributed by atoms with E-state index in [0.29, 0.717) is 23.7 Å². The fourth-order valence-corrected chi connectivity index (χ4v) is 8.57. The van der Waals surface area contributed by atoms with Crippen molar-refractivity contribution >= 4 is 0 Å². The molecule has 0 bridgehead atoms. The summed E-state index contributed by atoms with van der Waals surface area (Å²) in [6, 6.07) is 0. The summed E-state index contributed by atoms with van der Waals surface area (Å²) in [5.41, 5.74) is 0.281. The number of aliphatic hydroxyl groups excluding tert-OH is 2. The lowest BCUT2D eigenvalue weighted by molar-refractivity contribution is -0.210. The van der Waals surface area contributed by atoms with Crippen LogP contribution in [0.5, 0.6) is 0 Å². The highest BCUT2D eigenvalue weighted by molar-refractivity contribution is 5.33. The highest BCUT2D eigenvalue weighted by atomic mass is 16.3. The van der Waals surface area contributed by atoms with E-state index in [9.17, 15) is 15.3 Å². The molecule has 3 nitrogen and oxygen atoms in total. The van der Waals surface area contributed by atoms with Gasteiger partial charge in [-0.25, -0.2) is 0 Å². The summed E-state index contributed by atoms with van der Waals surface area (Å²) >= 11 is 0. The van der Waals surface area contributed by atoms with Gasteiger partial charge in [-0.2, -0.15) is 0 Å². The molecule has 4 aliphatic carbocycles. The summed E-state index contributed by atoms with van der Waals surface area (Å²) in [7, 11) is 0. The van der Waals surface area contributed by atoms with E-state index < -0.39 is 17.8 Å². The molecule has 0 aromatic carbocycles. The molecule has 9 atom stereocenters. The average molecular weight is 419 g/mol. The van der Waals surface area contributed by atoms with Gasteiger partial charge in [0.15, 0.2) is 0 Å². The molecule has 0 saturated heterocycles. The minimum absolute atomic E-state index is 0.308. The molecule has 0 spiro atoms. The standard InChI is InChI=1S/C27H46O3/c1-17(2)7-6-8-18(3)21-9-10-22-20-15-24(29)27(30)16-19(28)11-14-26(27,5)23(20)12-13-25(21,22)4/h15,17-19,21-24,28-30H,6-14,16H2,1-5H3/t18-,19+,21-,22+,23+,24-,25-,26-,27-/m1/s1. The van der Waals surface area contributed by atoms with E-state index in [1.54, 1.807) is 0 Å². The van der Waals surface area contributed by atoms with Gasteiger partial charge in [0.1, 0.15) is 11.7 Å². The van der Waals surface area contributed by atoms with Gasteiger partial charge in [0.25, 0.3) is 0 Å². The first kappa shape index (κ1) is 22.8. The molecule has 3 fully saturated rings. The van der Waals surface area contributed by atoms with Gasteiger partial charge in [0.05, 0.1) is 6.10 Å². The zero-order valence-electron chi connectivity index (χ0n) is 20.0. The second-order valence-corrected chi connectivity index (χ2v) is 12.5. The van der Waals surface area contributed by atoms with Gasteiger partial charge in [0, 0.05) is 11.8 Å². The summed E-state index contributed by atoms with van der Waals surface area (Å²) in [5.74, 6) is 3.24. The maximum Gasteiger partial charge on any atom is 0.102 e. The Kier molecular flexibility index (Phi) is 5.99. The van der Waals surface area contributed by atoms with Crippen molar-refractivity contribution < 1.29 is 15.3 Å². The third-order valence-electron chi connectivity index (χ3n) is 10.5. The van der Waals surface area contributed by atoms with E-state index in [1.807, 2.05) is 6.08 Å². The third kappa shape index (κ3) is 3.33. The highest BCUT2D eigenvalue weighted by Crippen LogP contribution is 2.67. The SMILES string of the molecule is CC(C)CCC[C@@H](C)[C@H]1CC[C@H]2C3=C[C@@H](O)[C@]4(O)C[C@@H](O)CC[C@]4(C)[C@H]3CC[C@]12C. The Morgan fingerprint density at radius 2 is 1.70 bits per heavy atom. The number of rotatable bonds is 5. The summed E-state index contributed by atoms with van der Waals surface area (Å²) in [6.45, 7) is 11.9. The maximum atomic E-state index is 11.6. The molecule has 0 aromatic rings. The second kappa shape index (κ2) is 7.89. The van der Waals surface area contributed by atoms with Crippen molar-refractivity contribution in [2.24, 2.45) is 40.4 Å². The Bertz CT molecular complexity index is 671.